The number of allylic oxidation sites excluding steroid dienone is 2. The van der Waals surface area contributed by atoms with Gasteiger partial charge in [0.05, 0.1) is 12.7 Å². The molecule has 0 unspecified atom stereocenters. The number of amides is 1. The highest BCUT2D eigenvalue weighted by molar-refractivity contribution is 6.23. The van der Waals surface area contributed by atoms with Gasteiger partial charge in [0.15, 0.2) is 5.78 Å². The Morgan fingerprint density at radius 2 is 1.69 bits per heavy atom. The lowest BCUT2D eigenvalue weighted by molar-refractivity contribution is -0.117. The quantitative estimate of drug-likeness (QED) is 0.580. The zero-order chi connectivity index (χ0) is 23.7. The first-order valence-corrected chi connectivity index (χ1v) is 11.3. The maximum Gasteiger partial charge on any atom is 0.410 e. The molecule has 1 saturated heterocycles. The minimum absolute atomic E-state index is 0.124. The second-order valence-electron chi connectivity index (χ2n) is 10.1. The lowest BCUT2D eigenvalue weighted by atomic mass is 9.66. The first-order chi connectivity index (χ1) is 15.0. The summed E-state index contributed by atoms with van der Waals surface area (Å²) < 4.78 is 11.3. The third-order valence-electron chi connectivity index (χ3n) is 6.40. The van der Waals surface area contributed by atoms with Gasteiger partial charge in [-0.3, -0.25) is 4.79 Å². The molecular weight excluding hydrogens is 402 g/mol. The van der Waals surface area contributed by atoms with Gasteiger partial charge in [0, 0.05) is 31.5 Å². The maximum atomic E-state index is 13.5. The van der Waals surface area contributed by atoms with Gasteiger partial charge < -0.3 is 14.4 Å². The third kappa shape index (κ3) is 5.01. The van der Waals surface area contributed by atoms with Gasteiger partial charge >= 0.3 is 6.09 Å². The van der Waals surface area contributed by atoms with E-state index in [1.807, 2.05) is 53.7 Å². The maximum absolute atomic E-state index is 13.5. The largest absolute Gasteiger partial charge is 0.500 e. The SMILES string of the molecule is CC#Cc1cc(C)c(C2=C(OC)CC3(CCN(C(=O)OC(C)(C)C)CC3)CC2=O)c(C)c1. The van der Waals surface area contributed by atoms with Gasteiger partial charge in [-0.1, -0.05) is 5.92 Å². The number of likely N-dealkylation sites (tertiary alicyclic amines) is 1. The van der Waals surface area contributed by atoms with Crippen molar-refractivity contribution in [1.29, 1.82) is 0 Å². The topological polar surface area (TPSA) is 55.8 Å². The number of ether oxygens (including phenoxy) is 2. The van der Waals surface area contributed by atoms with E-state index < -0.39 is 5.60 Å². The van der Waals surface area contributed by atoms with Crippen LogP contribution >= 0.6 is 0 Å². The van der Waals surface area contributed by atoms with Crippen LogP contribution in [0.5, 0.6) is 0 Å². The molecule has 0 radical (unpaired) electrons. The van der Waals surface area contributed by atoms with Crippen LogP contribution in [0.15, 0.2) is 17.9 Å². The fraction of sp³-hybridized carbons (Fsp3) is 0.556. The van der Waals surface area contributed by atoms with Gasteiger partial charge in [-0.2, -0.15) is 0 Å². The fourth-order valence-corrected chi connectivity index (χ4v) is 4.95. The van der Waals surface area contributed by atoms with Crippen molar-refractivity contribution in [3.8, 4) is 11.8 Å². The minimum atomic E-state index is -0.512. The normalized spacial score (nSPS) is 18.3. The van der Waals surface area contributed by atoms with Crippen LogP contribution in [0.1, 0.15) is 75.6 Å². The van der Waals surface area contributed by atoms with E-state index in [9.17, 15) is 9.59 Å². The fourth-order valence-electron chi connectivity index (χ4n) is 4.95. The van der Waals surface area contributed by atoms with Gasteiger partial charge in [0.1, 0.15) is 11.4 Å². The summed E-state index contributed by atoms with van der Waals surface area (Å²) >= 11 is 0. The highest BCUT2D eigenvalue weighted by atomic mass is 16.6. The molecular formula is C27H35NO4. The first kappa shape index (κ1) is 23.9. The molecule has 0 N–H and O–H groups in total. The lowest BCUT2D eigenvalue weighted by Gasteiger charge is -2.44. The zero-order valence-corrected chi connectivity index (χ0v) is 20.5. The predicted molar refractivity (Wildman–Crippen MR) is 126 cm³/mol. The van der Waals surface area contributed by atoms with Crippen LogP contribution < -0.4 is 0 Å². The second kappa shape index (κ2) is 9.02. The molecule has 0 atom stereocenters. The molecule has 5 heteroatoms. The number of nitrogens with zero attached hydrogens (tertiary/aromatic N) is 1. The number of methoxy groups -OCH3 is 1. The number of piperidine rings is 1. The number of carbonyl (C=O) groups is 2. The Morgan fingerprint density at radius 3 is 2.19 bits per heavy atom. The van der Waals surface area contributed by atoms with Crippen LogP contribution in [0.25, 0.3) is 5.57 Å². The zero-order valence-electron chi connectivity index (χ0n) is 20.5. The number of ketones is 1. The number of aryl methyl sites for hydroxylation is 2. The Labute approximate surface area is 192 Å². The van der Waals surface area contributed by atoms with E-state index in [1.54, 1.807) is 12.0 Å². The number of hydrogen-bond donors (Lipinski definition) is 0. The molecule has 1 spiro atoms. The smallest absolute Gasteiger partial charge is 0.410 e. The molecule has 1 aliphatic carbocycles. The van der Waals surface area contributed by atoms with Crippen LogP contribution in [0.4, 0.5) is 4.79 Å². The molecule has 1 amide bonds. The van der Waals surface area contributed by atoms with Crippen molar-refractivity contribution in [1.82, 2.24) is 4.90 Å². The summed E-state index contributed by atoms with van der Waals surface area (Å²) in [5.74, 6) is 6.92. The predicted octanol–water partition coefficient (Wildman–Crippen LogP) is 5.41. The van der Waals surface area contributed by atoms with Crippen molar-refractivity contribution < 1.29 is 19.1 Å². The van der Waals surface area contributed by atoms with E-state index in [2.05, 4.69) is 11.8 Å². The van der Waals surface area contributed by atoms with Gasteiger partial charge in [-0.15, -0.1) is 5.92 Å². The van der Waals surface area contributed by atoms with Crippen LogP contribution in [-0.2, 0) is 14.3 Å². The Morgan fingerprint density at radius 1 is 1.09 bits per heavy atom. The van der Waals surface area contributed by atoms with Crippen molar-refractivity contribution in [3.05, 3.63) is 40.1 Å². The van der Waals surface area contributed by atoms with Crippen molar-refractivity contribution >= 4 is 17.4 Å². The van der Waals surface area contributed by atoms with Gasteiger partial charge in [-0.25, -0.2) is 4.79 Å². The van der Waals surface area contributed by atoms with Crippen LogP contribution in [0.3, 0.4) is 0 Å². The summed E-state index contributed by atoms with van der Waals surface area (Å²) in [6, 6.07) is 4.08. The molecule has 1 heterocycles. The molecule has 32 heavy (non-hydrogen) atoms. The molecule has 0 bridgehead atoms. The Kier molecular flexibility index (Phi) is 6.74. The van der Waals surface area contributed by atoms with E-state index in [1.165, 1.54) is 0 Å². The van der Waals surface area contributed by atoms with E-state index >= 15 is 0 Å². The molecule has 3 rings (SSSR count). The number of benzene rings is 1. The molecule has 1 aliphatic heterocycles. The average molecular weight is 438 g/mol. The summed E-state index contributed by atoms with van der Waals surface area (Å²) in [7, 11) is 1.65. The summed E-state index contributed by atoms with van der Waals surface area (Å²) in [6.45, 7) is 12.7. The number of carbonyl (C=O) groups excluding carboxylic acids is 2. The van der Waals surface area contributed by atoms with Crippen LogP contribution in [-0.4, -0.2) is 42.6 Å². The van der Waals surface area contributed by atoms with Crippen molar-refractivity contribution in [2.24, 2.45) is 5.41 Å². The van der Waals surface area contributed by atoms with E-state index in [-0.39, 0.29) is 17.3 Å². The molecule has 1 aromatic carbocycles. The van der Waals surface area contributed by atoms with Crippen molar-refractivity contribution in [3.63, 3.8) is 0 Å². The minimum Gasteiger partial charge on any atom is -0.500 e. The van der Waals surface area contributed by atoms with Crippen LogP contribution in [0, 0.1) is 31.1 Å². The lowest BCUT2D eigenvalue weighted by Crippen LogP contribution is -2.47. The average Bonchev–Trinajstić information content (AvgIpc) is 2.68. The van der Waals surface area contributed by atoms with E-state index in [4.69, 9.17) is 9.47 Å². The van der Waals surface area contributed by atoms with Crippen molar-refractivity contribution in [2.75, 3.05) is 20.2 Å². The molecule has 1 fully saturated rings. The van der Waals surface area contributed by atoms with Crippen LogP contribution in [0.2, 0.25) is 0 Å². The molecule has 2 aliphatic rings. The number of rotatable bonds is 2. The summed E-state index contributed by atoms with van der Waals surface area (Å²) in [5, 5.41) is 0. The highest BCUT2D eigenvalue weighted by Crippen LogP contribution is 2.48. The van der Waals surface area contributed by atoms with E-state index in [0.29, 0.717) is 31.5 Å². The summed E-state index contributed by atoms with van der Waals surface area (Å²) in [6.07, 6.45) is 2.44. The molecule has 0 saturated carbocycles. The Hall–Kier alpha value is -2.74. The van der Waals surface area contributed by atoms with Gasteiger partial charge in [-0.05, 0) is 88.6 Å². The molecule has 172 valence electrons. The standard InChI is InChI=1S/C27H35NO4/c1-8-9-20-14-18(2)23(19(3)15-20)24-21(29)16-27(17-22(24)31-7)10-12-28(13-11-27)25(30)32-26(4,5)6/h14-15H,10-13,16-17H2,1-7H3. The van der Waals surface area contributed by atoms with Crippen molar-refractivity contribution in [2.45, 2.75) is 72.8 Å². The monoisotopic (exact) mass is 437 g/mol. The highest BCUT2D eigenvalue weighted by Gasteiger charge is 2.44. The summed E-state index contributed by atoms with van der Waals surface area (Å²) in [4.78, 5) is 27.7. The van der Waals surface area contributed by atoms with Gasteiger partial charge in [0.25, 0.3) is 0 Å². The Bertz CT molecular complexity index is 985. The van der Waals surface area contributed by atoms with E-state index in [0.717, 1.165) is 40.9 Å². The number of hydrogen-bond acceptors (Lipinski definition) is 4. The number of Topliss-reactive ketones (excluding diaryl/α,β-unsaturated/α-hetero) is 1. The first-order valence-electron chi connectivity index (χ1n) is 11.3. The Balaban J connectivity index is 1.86. The van der Waals surface area contributed by atoms with Gasteiger partial charge in [0.2, 0.25) is 0 Å². The molecule has 1 aromatic rings. The second-order valence-corrected chi connectivity index (χ2v) is 10.1. The molecule has 0 aromatic heterocycles. The molecule has 5 nitrogen and oxygen atoms in total. The third-order valence-corrected chi connectivity index (χ3v) is 6.40. The summed E-state index contributed by atoms with van der Waals surface area (Å²) in [5.41, 5.74) is 4.03.